The lowest BCUT2D eigenvalue weighted by Crippen LogP contribution is -1.99. The first-order valence-electron chi connectivity index (χ1n) is 3.83. The second-order valence-corrected chi connectivity index (χ2v) is 2.43. The van der Waals surface area contributed by atoms with Crippen LogP contribution in [0.2, 0.25) is 0 Å². The highest BCUT2D eigenvalue weighted by molar-refractivity contribution is 6.35. The van der Waals surface area contributed by atoms with Gasteiger partial charge in [-0.25, -0.2) is 0 Å². The van der Waals surface area contributed by atoms with Gasteiger partial charge < -0.3 is 15.4 Å². The van der Waals surface area contributed by atoms with Crippen molar-refractivity contribution < 1.29 is 9.53 Å². The van der Waals surface area contributed by atoms with Gasteiger partial charge >= 0.3 is 0 Å². The summed E-state index contributed by atoms with van der Waals surface area (Å²) < 4.78 is 4.93. The molecule has 1 rings (SSSR count). The van der Waals surface area contributed by atoms with Crippen LogP contribution in [-0.2, 0) is 0 Å². The van der Waals surface area contributed by atoms with E-state index in [1.807, 2.05) is 0 Å². The van der Waals surface area contributed by atoms with Crippen molar-refractivity contribution in [2.75, 3.05) is 7.11 Å². The molecule has 5 heteroatoms. The fourth-order valence-electron chi connectivity index (χ4n) is 0.908. The van der Waals surface area contributed by atoms with E-state index in [1.54, 1.807) is 31.4 Å². The van der Waals surface area contributed by atoms with Crippen LogP contribution in [0.25, 0.3) is 5.53 Å². The Morgan fingerprint density at radius 2 is 2.07 bits per heavy atom. The lowest BCUT2D eigenvalue weighted by atomic mass is 10.1. The lowest BCUT2D eigenvalue weighted by Gasteiger charge is -2.00. The summed E-state index contributed by atoms with van der Waals surface area (Å²) in [6.07, 6.45) is 0.932. The predicted octanol–water partition coefficient (Wildman–Crippen LogP) is 1.89. The number of methoxy groups -OCH3 is 1. The number of hydrogen-bond donors (Lipinski definition) is 0. The highest BCUT2D eigenvalue weighted by atomic mass is 16.5. The van der Waals surface area contributed by atoms with Crippen LogP contribution >= 0.6 is 0 Å². The van der Waals surface area contributed by atoms with Crippen molar-refractivity contribution in [3.8, 4) is 5.75 Å². The van der Waals surface area contributed by atoms with Gasteiger partial charge in [0, 0.05) is 5.56 Å². The van der Waals surface area contributed by atoms with Gasteiger partial charge in [0.25, 0.3) is 0 Å². The average molecular weight is 190 g/mol. The van der Waals surface area contributed by atoms with Crippen molar-refractivity contribution in [2.24, 2.45) is 10.3 Å². The van der Waals surface area contributed by atoms with Gasteiger partial charge in [-0.05, 0) is 30.5 Å². The highest BCUT2D eigenvalue weighted by Crippen LogP contribution is 2.11. The van der Waals surface area contributed by atoms with Gasteiger partial charge in [0.05, 0.1) is 7.11 Å². The van der Waals surface area contributed by atoms with E-state index in [-0.39, 0.29) is 5.78 Å². The van der Waals surface area contributed by atoms with Crippen molar-refractivity contribution in [1.29, 1.82) is 0 Å². The number of carbonyl (C=O) groups excluding carboxylic acids is 1. The molecule has 1 aromatic rings. The third-order valence-corrected chi connectivity index (χ3v) is 1.60. The van der Waals surface area contributed by atoms with Crippen LogP contribution in [0.15, 0.2) is 34.6 Å². The van der Waals surface area contributed by atoms with Crippen molar-refractivity contribution in [3.05, 3.63) is 35.4 Å². The molecule has 0 saturated carbocycles. The Labute approximate surface area is 80.9 Å². The van der Waals surface area contributed by atoms with Crippen molar-refractivity contribution in [1.82, 2.24) is 0 Å². The van der Waals surface area contributed by atoms with Crippen LogP contribution in [0, 0.1) is 0 Å². The monoisotopic (exact) mass is 190 g/mol. The van der Waals surface area contributed by atoms with Crippen LogP contribution in [0.1, 0.15) is 10.4 Å². The molecule has 0 amide bonds. The lowest BCUT2D eigenvalue weighted by molar-refractivity contribution is 0.107. The number of Topliss-reactive ketones (excluding diaryl/α,β-unsaturated/α-hetero) is 1. The number of carbonyl (C=O) groups is 1. The average Bonchev–Trinajstić information content (AvgIpc) is 2.26. The SMILES string of the molecule is COc1ccc(C(=O)C=NN=[N-])cc1. The Balaban J connectivity index is 2.81. The molecule has 0 heterocycles. The molecule has 0 radical (unpaired) electrons. The standard InChI is InChI=1S/C9H8N3O2/c1-14-8-4-2-7(3-5-8)9(13)6-11-12-10/h2-6H,1H3/q-1. The van der Waals surface area contributed by atoms with E-state index < -0.39 is 0 Å². The molecule has 0 aromatic heterocycles. The van der Waals surface area contributed by atoms with Crippen LogP contribution in [0.4, 0.5) is 0 Å². The van der Waals surface area contributed by atoms with Gasteiger partial charge in [-0.2, -0.15) is 0 Å². The Bertz CT molecular complexity index is 357. The largest absolute Gasteiger partial charge is 0.497 e. The Kier molecular flexibility index (Phi) is 3.49. The molecular formula is C9H8N3O2-. The zero-order chi connectivity index (χ0) is 10.4. The first-order chi connectivity index (χ1) is 6.77. The molecule has 0 aliphatic carbocycles. The maximum Gasteiger partial charge on any atom is 0.183 e. The summed E-state index contributed by atoms with van der Waals surface area (Å²) in [6, 6.07) is 6.53. The van der Waals surface area contributed by atoms with E-state index in [4.69, 9.17) is 10.3 Å². The molecule has 72 valence electrons. The van der Waals surface area contributed by atoms with Crippen LogP contribution in [0.3, 0.4) is 0 Å². The number of benzene rings is 1. The Morgan fingerprint density at radius 3 is 2.57 bits per heavy atom. The van der Waals surface area contributed by atoms with E-state index in [2.05, 4.69) is 10.3 Å². The van der Waals surface area contributed by atoms with Crippen LogP contribution in [0.5, 0.6) is 5.75 Å². The molecule has 0 saturated heterocycles. The van der Waals surface area contributed by atoms with Gasteiger partial charge in [-0.3, -0.25) is 10.0 Å². The van der Waals surface area contributed by atoms with Gasteiger partial charge in [-0.1, -0.05) is 0 Å². The molecule has 0 aliphatic heterocycles. The maximum atomic E-state index is 11.2. The molecule has 0 fully saturated rings. The second-order valence-electron chi connectivity index (χ2n) is 2.43. The molecule has 0 N–H and O–H groups in total. The summed E-state index contributed by atoms with van der Waals surface area (Å²) in [7, 11) is 1.54. The van der Waals surface area contributed by atoms with E-state index >= 15 is 0 Å². The van der Waals surface area contributed by atoms with Gasteiger partial charge in [0.1, 0.15) is 5.75 Å². The number of nitrogens with zero attached hydrogens (tertiary/aromatic N) is 3. The molecule has 0 aliphatic rings. The number of hydrogen-bond acceptors (Lipinski definition) is 3. The Morgan fingerprint density at radius 1 is 1.43 bits per heavy atom. The zero-order valence-electron chi connectivity index (χ0n) is 7.54. The summed E-state index contributed by atoms with van der Waals surface area (Å²) in [4.78, 5) is 11.2. The van der Waals surface area contributed by atoms with Gasteiger partial charge in [0.2, 0.25) is 0 Å². The topological polar surface area (TPSA) is 73.3 Å². The maximum absolute atomic E-state index is 11.2. The van der Waals surface area contributed by atoms with E-state index in [0.29, 0.717) is 11.3 Å². The molecule has 0 atom stereocenters. The van der Waals surface area contributed by atoms with Crippen molar-refractivity contribution in [3.63, 3.8) is 0 Å². The minimum Gasteiger partial charge on any atom is -0.497 e. The smallest absolute Gasteiger partial charge is 0.183 e. The van der Waals surface area contributed by atoms with Crippen LogP contribution in [-0.4, -0.2) is 19.1 Å². The molecule has 0 unspecified atom stereocenters. The van der Waals surface area contributed by atoms with E-state index in [0.717, 1.165) is 6.21 Å². The second kappa shape index (κ2) is 4.86. The van der Waals surface area contributed by atoms with Crippen LogP contribution < -0.4 is 4.74 Å². The number of ether oxygens (including phenoxy) is 1. The molecule has 14 heavy (non-hydrogen) atoms. The highest BCUT2D eigenvalue weighted by Gasteiger charge is 1.99. The zero-order valence-corrected chi connectivity index (χ0v) is 7.54. The normalized spacial score (nSPS) is 10.1. The summed E-state index contributed by atoms with van der Waals surface area (Å²) in [5.74, 6) is 0.343. The minimum atomic E-state index is -0.328. The molecule has 0 bridgehead atoms. The molecule has 5 nitrogen and oxygen atoms in total. The van der Waals surface area contributed by atoms with E-state index in [1.165, 1.54) is 0 Å². The van der Waals surface area contributed by atoms with E-state index in [9.17, 15) is 4.79 Å². The molecule has 1 aromatic carbocycles. The number of ketones is 1. The van der Waals surface area contributed by atoms with Crippen molar-refractivity contribution >= 4 is 12.0 Å². The Hall–Kier alpha value is -2.04. The fourth-order valence-corrected chi connectivity index (χ4v) is 0.908. The summed E-state index contributed by atoms with van der Waals surface area (Å²) in [5, 5.41) is 5.52. The number of rotatable bonds is 4. The predicted molar refractivity (Wildman–Crippen MR) is 51.6 cm³/mol. The third-order valence-electron chi connectivity index (χ3n) is 1.60. The fraction of sp³-hybridized carbons (Fsp3) is 0.111. The third kappa shape index (κ3) is 2.48. The summed E-state index contributed by atoms with van der Waals surface area (Å²) in [5.41, 5.74) is 8.46. The van der Waals surface area contributed by atoms with Crippen molar-refractivity contribution in [2.45, 2.75) is 0 Å². The summed E-state index contributed by atoms with van der Waals surface area (Å²) >= 11 is 0. The molecular weight excluding hydrogens is 182 g/mol. The summed E-state index contributed by atoms with van der Waals surface area (Å²) in [6.45, 7) is 0. The first kappa shape index (κ1) is 10.0. The quantitative estimate of drug-likeness (QED) is 0.314. The van der Waals surface area contributed by atoms with Gasteiger partial charge in [-0.15, -0.1) is 0 Å². The first-order valence-corrected chi connectivity index (χ1v) is 3.83. The minimum absolute atomic E-state index is 0.328. The van der Waals surface area contributed by atoms with Gasteiger partial charge in [0.15, 0.2) is 5.78 Å². The molecule has 0 spiro atoms.